The second-order valence-corrected chi connectivity index (χ2v) is 7.92. The highest BCUT2D eigenvalue weighted by Gasteiger charge is 2.34. The average molecular weight is 392 g/mol. The number of hydrogen-bond acceptors (Lipinski definition) is 4. The molecule has 1 aliphatic rings. The molecule has 1 heterocycles. The van der Waals surface area contributed by atoms with E-state index in [-0.39, 0.29) is 23.5 Å². The zero-order valence-electron chi connectivity index (χ0n) is 15.2. The van der Waals surface area contributed by atoms with Crippen molar-refractivity contribution in [2.45, 2.75) is 50.2 Å². The lowest BCUT2D eigenvalue weighted by molar-refractivity contribution is -0.0502. The van der Waals surface area contributed by atoms with Crippen LogP contribution in [0.3, 0.4) is 0 Å². The van der Waals surface area contributed by atoms with Gasteiger partial charge in [-0.2, -0.15) is 12.6 Å². The Morgan fingerprint density at radius 3 is 2.65 bits per heavy atom. The van der Waals surface area contributed by atoms with Gasteiger partial charge in [-0.3, -0.25) is 0 Å². The molecule has 140 valence electrons. The molecule has 0 amide bonds. The molecule has 5 heteroatoms. The van der Waals surface area contributed by atoms with Gasteiger partial charge in [0.25, 0.3) is 0 Å². The van der Waals surface area contributed by atoms with Crippen LogP contribution in [0.5, 0.6) is 5.75 Å². The molecule has 1 saturated heterocycles. The first kappa shape index (κ1) is 19.6. The van der Waals surface area contributed by atoms with Crippen molar-refractivity contribution in [2.75, 3.05) is 6.61 Å². The number of thiol groups is 1. The summed E-state index contributed by atoms with van der Waals surface area (Å²) in [6.45, 7) is 4.71. The van der Waals surface area contributed by atoms with Crippen LogP contribution in [0.1, 0.15) is 43.1 Å². The molecule has 0 bridgehead atoms. The van der Waals surface area contributed by atoms with Gasteiger partial charge < -0.3 is 15.2 Å². The third-order valence-electron chi connectivity index (χ3n) is 4.77. The Labute approximate surface area is 166 Å². The van der Waals surface area contributed by atoms with E-state index in [4.69, 9.17) is 26.8 Å². The molecule has 2 aromatic carbocycles. The SMILES string of the molecule is CCOc1ccc(Cc2cc([C@@H]3O[C@H](C)CC(S)[C@H]3N)ccc2Cl)cc1. The second kappa shape index (κ2) is 8.66. The van der Waals surface area contributed by atoms with Crippen molar-refractivity contribution in [1.29, 1.82) is 0 Å². The maximum atomic E-state index is 6.45. The van der Waals surface area contributed by atoms with Crippen LogP contribution in [0, 0.1) is 0 Å². The maximum Gasteiger partial charge on any atom is 0.119 e. The zero-order valence-corrected chi connectivity index (χ0v) is 16.8. The summed E-state index contributed by atoms with van der Waals surface area (Å²) in [4.78, 5) is 0. The molecule has 3 nitrogen and oxygen atoms in total. The summed E-state index contributed by atoms with van der Waals surface area (Å²) in [6.07, 6.45) is 1.61. The summed E-state index contributed by atoms with van der Waals surface area (Å²) < 4.78 is 11.6. The summed E-state index contributed by atoms with van der Waals surface area (Å²) in [5.74, 6) is 0.881. The molecule has 0 spiro atoms. The third-order valence-corrected chi connectivity index (χ3v) is 5.70. The van der Waals surface area contributed by atoms with Gasteiger partial charge in [-0.05, 0) is 61.6 Å². The zero-order chi connectivity index (χ0) is 18.7. The van der Waals surface area contributed by atoms with Crippen LogP contribution in [0.4, 0.5) is 0 Å². The largest absolute Gasteiger partial charge is 0.494 e. The van der Waals surface area contributed by atoms with E-state index < -0.39 is 0 Å². The van der Waals surface area contributed by atoms with Crippen LogP contribution in [0.25, 0.3) is 0 Å². The number of halogens is 1. The minimum atomic E-state index is -0.155. The van der Waals surface area contributed by atoms with Gasteiger partial charge in [0.2, 0.25) is 0 Å². The monoisotopic (exact) mass is 391 g/mol. The molecule has 0 aliphatic carbocycles. The molecule has 1 unspecified atom stereocenters. The molecule has 1 fully saturated rings. The molecule has 26 heavy (non-hydrogen) atoms. The first-order valence-electron chi connectivity index (χ1n) is 9.07. The van der Waals surface area contributed by atoms with E-state index >= 15 is 0 Å². The predicted molar refractivity (Wildman–Crippen MR) is 111 cm³/mol. The molecule has 0 radical (unpaired) electrons. The number of rotatable bonds is 5. The van der Waals surface area contributed by atoms with Gasteiger partial charge in [0, 0.05) is 16.3 Å². The van der Waals surface area contributed by atoms with Crippen LogP contribution < -0.4 is 10.5 Å². The van der Waals surface area contributed by atoms with Gasteiger partial charge in [0.15, 0.2) is 0 Å². The highest BCUT2D eigenvalue weighted by atomic mass is 35.5. The third kappa shape index (κ3) is 4.55. The summed E-state index contributed by atoms with van der Waals surface area (Å²) in [6, 6.07) is 14.0. The summed E-state index contributed by atoms with van der Waals surface area (Å²) >= 11 is 11.1. The molecule has 3 rings (SSSR count). The minimum absolute atomic E-state index is 0.131. The van der Waals surface area contributed by atoms with Crippen molar-refractivity contribution in [2.24, 2.45) is 5.73 Å². The molecule has 2 N–H and O–H groups in total. The average Bonchev–Trinajstić information content (AvgIpc) is 2.62. The van der Waals surface area contributed by atoms with E-state index in [9.17, 15) is 0 Å². The van der Waals surface area contributed by atoms with Crippen molar-refractivity contribution in [1.82, 2.24) is 0 Å². The standard InChI is InChI=1S/C21H26ClNO2S/c1-3-24-17-7-4-14(5-8-17)11-16-12-15(6-9-18(16)22)21-20(23)19(26)10-13(2)25-21/h4-9,12-13,19-21,26H,3,10-11,23H2,1-2H3/t13-,19?,20-,21+/m1/s1. The Kier molecular flexibility index (Phi) is 6.51. The Hall–Kier alpha value is -1.20. The van der Waals surface area contributed by atoms with Crippen molar-refractivity contribution in [3.05, 3.63) is 64.2 Å². The maximum absolute atomic E-state index is 6.45. The molecular weight excluding hydrogens is 366 g/mol. The van der Waals surface area contributed by atoms with Gasteiger partial charge >= 0.3 is 0 Å². The fraction of sp³-hybridized carbons (Fsp3) is 0.429. The van der Waals surface area contributed by atoms with Gasteiger partial charge in [-0.1, -0.05) is 35.9 Å². The summed E-state index contributed by atoms with van der Waals surface area (Å²) in [7, 11) is 0. The van der Waals surface area contributed by atoms with Crippen molar-refractivity contribution >= 4 is 24.2 Å². The topological polar surface area (TPSA) is 44.5 Å². The molecule has 2 aromatic rings. The normalized spacial score (nSPS) is 25.9. The second-order valence-electron chi connectivity index (χ2n) is 6.85. The lowest BCUT2D eigenvalue weighted by Gasteiger charge is -2.37. The van der Waals surface area contributed by atoms with Gasteiger partial charge in [-0.25, -0.2) is 0 Å². The van der Waals surface area contributed by atoms with Crippen molar-refractivity contribution in [3.8, 4) is 5.75 Å². The van der Waals surface area contributed by atoms with Crippen molar-refractivity contribution < 1.29 is 9.47 Å². The molecule has 0 aromatic heterocycles. The van der Waals surface area contributed by atoms with E-state index in [1.54, 1.807) is 0 Å². The van der Waals surface area contributed by atoms with E-state index in [1.165, 1.54) is 5.56 Å². The summed E-state index contributed by atoms with van der Waals surface area (Å²) in [5, 5.41) is 0.886. The smallest absolute Gasteiger partial charge is 0.119 e. The fourth-order valence-corrected chi connectivity index (χ4v) is 4.03. The van der Waals surface area contributed by atoms with Crippen LogP contribution >= 0.6 is 24.2 Å². The Bertz CT molecular complexity index is 737. The summed E-state index contributed by atoms with van der Waals surface area (Å²) in [5.41, 5.74) is 9.67. The lowest BCUT2D eigenvalue weighted by Crippen LogP contribution is -2.45. The molecule has 0 saturated carbocycles. The number of hydrogen-bond donors (Lipinski definition) is 2. The van der Waals surface area contributed by atoms with Crippen LogP contribution in [-0.4, -0.2) is 24.0 Å². The first-order chi connectivity index (χ1) is 12.5. The number of nitrogens with two attached hydrogens (primary N) is 1. The highest BCUT2D eigenvalue weighted by Crippen LogP contribution is 2.35. The van der Waals surface area contributed by atoms with E-state index in [2.05, 4.69) is 37.8 Å². The van der Waals surface area contributed by atoms with Crippen LogP contribution in [0.2, 0.25) is 5.02 Å². The van der Waals surface area contributed by atoms with Gasteiger partial charge in [0.05, 0.1) is 18.8 Å². The Balaban J connectivity index is 1.81. The highest BCUT2D eigenvalue weighted by molar-refractivity contribution is 7.81. The lowest BCUT2D eigenvalue weighted by atomic mass is 9.92. The van der Waals surface area contributed by atoms with E-state index in [0.29, 0.717) is 6.61 Å². The van der Waals surface area contributed by atoms with Crippen molar-refractivity contribution in [3.63, 3.8) is 0 Å². The van der Waals surface area contributed by atoms with E-state index in [1.807, 2.05) is 31.2 Å². The minimum Gasteiger partial charge on any atom is -0.494 e. The fourth-order valence-electron chi connectivity index (χ4n) is 3.39. The first-order valence-corrected chi connectivity index (χ1v) is 9.96. The quantitative estimate of drug-likeness (QED) is 0.719. The van der Waals surface area contributed by atoms with Crippen LogP contribution in [-0.2, 0) is 11.2 Å². The predicted octanol–water partition coefficient (Wildman–Crippen LogP) is 4.81. The van der Waals surface area contributed by atoms with Gasteiger partial charge in [-0.15, -0.1) is 0 Å². The van der Waals surface area contributed by atoms with E-state index in [0.717, 1.165) is 34.7 Å². The molecule has 4 atom stereocenters. The Morgan fingerprint density at radius 2 is 1.96 bits per heavy atom. The Morgan fingerprint density at radius 1 is 1.23 bits per heavy atom. The molecule has 1 aliphatic heterocycles. The number of benzene rings is 2. The van der Waals surface area contributed by atoms with Crippen LogP contribution in [0.15, 0.2) is 42.5 Å². The number of ether oxygens (including phenoxy) is 2. The van der Waals surface area contributed by atoms with Gasteiger partial charge in [0.1, 0.15) is 5.75 Å². The molecular formula is C21H26ClNO2S.